The van der Waals surface area contributed by atoms with E-state index in [0.29, 0.717) is 0 Å². The summed E-state index contributed by atoms with van der Waals surface area (Å²) in [7, 11) is 0. The van der Waals surface area contributed by atoms with Gasteiger partial charge in [0.1, 0.15) is 6.10 Å². The van der Waals surface area contributed by atoms with Crippen LogP contribution in [0.3, 0.4) is 0 Å². The number of aliphatic hydroxyl groups excluding tert-OH is 1. The van der Waals surface area contributed by atoms with Crippen molar-refractivity contribution in [2.75, 3.05) is 0 Å². The van der Waals surface area contributed by atoms with Gasteiger partial charge in [-0.05, 0) is 31.2 Å². The Bertz CT molecular complexity index is 656. The van der Waals surface area contributed by atoms with E-state index in [1.165, 1.54) is 4.88 Å². The number of hydrogen-bond acceptors (Lipinski definition) is 3. The number of pyridine rings is 1. The summed E-state index contributed by atoms with van der Waals surface area (Å²) in [5.41, 5.74) is 1.80. The molecule has 4 heteroatoms. The van der Waals surface area contributed by atoms with E-state index < -0.39 is 6.10 Å². The van der Waals surface area contributed by atoms with Crippen LogP contribution in [-0.4, -0.2) is 14.7 Å². The SMILES string of the molecule is Cc1ccc(C(O)c2cnn3ccccc23)s1. The maximum Gasteiger partial charge on any atom is 0.117 e. The summed E-state index contributed by atoms with van der Waals surface area (Å²) in [5, 5.41) is 14.6. The molecule has 3 aromatic heterocycles. The molecular weight excluding hydrogens is 232 g/mol. The minimum atomic E-state index is -0.589. The lowest BCUT2D eigenvalue weighted by molar-refractivity contribution is 0.225. The summed E-state index contributed by atoms with van der Waals surface area (Å²) in [4.78, 5) is 2.16. The molecule has 3 nitrogen and oxygen atoms in total. The molecule has 0 saturated carbocycles. The van der Waals surface area contributed by atoms with Gasteiger partial charge >= 0.3 is 0 Å². The Balaban J connectivity index is 2.09. The summed E-state index contributed by atoms with van der Waals surface area (Å²) < 4.78 is 1.78. The van der Waals surface area contributed by atoms with Crippen molar-refractivity contribution in [3.8, 4) is 0 Å². The van der Waals surface area contributed by atoms with Gasteiger partial charge < -0.3 is 5.11 Å². The Morgan fingerprint density at radius 2 is 2.18 bits per heavy atom. The number of thiophene rings is 1. The van der Waals surface area contributed by atoms with Crippen molar-refractivity contribution >= 4 is 16.9 Å². The van der Waals surface area contributed by atoms with Crippen LogP contribution in [0.5, 0.6) is 0 Å². The molecule has 1 unspecified atom stereocenters. The van der Waals surface area contributed by atoms with Gasteiger partial charge in [0.2, 0.25) is 0 Å². The van der Waals surface area contributed by atoms with Crippen LogP contribution >= 0.6 is 11.3 Å². The molecular formula is C13H12N2OS. The first-order chi connectivity index (χ1) is 8.25. The van der Waals surface area contributed by atoms with Crippen LogP contribution in [0.2, 0.25) is 0 Å². The van der Waals surface area contributed by atoms with Gasteiger partial charge in [-0.15, -0.1) is 11.3 Å². The summed E-state index contributed by atoms with van der Waals surface area (Å²) in [6.45, 7) is 2.04. The third-order valence-electron chi connectivity index (χ3n) is 2.78. The number of hydrogen-bond donors (Lipinski definition) is 1. The van der Waals surface area contributed by atoms with E-state index in [4.69, 9.17) is 0 Å². The summed E-state index contributed by atoms with van der Waals surface area (Å²) in [6, 6.07) is 9.83. The molecule has 0 spiro atoms. The zero-order valence-corrected chi connectivity index (χ0v) is 10.2. The van der Waals surface area contributed by atoms with E-state index >= 15 is 0 Å². The molecule has 1 atom stereocenters. The largest absolute Gasteiger partial charge is 0.383 e. The molecule has 0 saturated heterocycles. The normalized spacial score (nSPS) is 13.1. The predicted octanol–water partition coefficient (Wildman–Crippen LogP) is 2.79. The van der Waals surface area contributed by atoms with Gasteiger partial charge in [-0.2, -0.15) is 5.10 Å². The fourth-order valence-electron chi connectivity index (χ4n) is 1.92. The van der Waals surface area contributed by atoms with Crippen LogP contribution in [0.1, 0.15) is 21.4 Å². The van der Waals surface area contributed by atoms with Gasteiger partial charge in [-0.1, -0.05) is 6.07 Å². The third-order valence-corrected chi connectivity index (χ3v) is 3.83. The zero-order chi connectivity index (χ0) is 11.8. The Labute approximate surface area is 103 Å². The van der Waals surface area contributed by atoms with Gasteiger partial charge in [0.25, 0.3) is 0 Å². The molecule has 0 aliphatic carbocycles. The van der Waals surface area contributed by atoms with Crippen LogP contribution in [0.15, 0.2) is 42.7 Å². The molecule has 17 heavy (non-hydrogen) atoms. The molecule has 3 heterocycles. The van der Waals surface area contributed by atoms with Gasteiger partial charge in [-0.3, -0.25) is 0 Å². The van der Waals surface area contributed by atoms with Crippen molar-refractivity contribution in [3.63, 3.8) is 0 Å². The minimum Gasteiger partial charge on any atom is -0.383 e. The van der Waals surface area contributed by atoms with Crippen LogP contribution in [0.4, 0.5) is 0 Å². The van der Waals surface area contributed by atoms with Crippen molar-refractivity contribution in [1.29, 1.82) is 0 Å². The van der Waals surface area contributed by atoms with Crippen LogP contribution in [-0.2, 0) is 0 Å². The number of aliphatic hydroxyl groups is 1. The first-order valence-electron chi connectivity index (χ1n) is 5.42. The number of rotatable bonds is 2. The van der Waals surface area contributed by atoms with Crippen LogP contribution in [0.25, 0.3) is 5.52 Å². The zero-order valence-electron chi connectivity index (χ0n) is 9.37. The number of nitrogens with zero attached hydrogens (tertiary/aromatic N) is 2. The van der Waals surface area contributed by atoms with Crippen LogP contribution < -0.4 is 0 Å². The van der Waals surface area contributed by atoms with Crippen molar-refractivity contribution in [2.24, 2.45) is 0 Å². The summed E-state index contributed by atoms with van der Waals surface area (Å²) in [5.74, 6) is 0. The predicted molar refractivity (Wildman–Crippen MR) is 68.3 cm³/mol. The number of fused-ring (bicyclic) bond motifs is 1. The lowest BCUT2D eigenvalue weighted by Crippen LogP contribution is -1.96. The highest BCUT2D eigenvalue weighted by Crippen LogP contribution is 2.30. The van der Waals surface area contributed by atoms with Gasteiger partial charge in [-0.25, -0.2) is 4.52 Å². The van der Waals surface area contributed by atoms with Crippen molar-refractivity contribution in [2.45, 2.75) is 13.0 Å². The number of aromatic nitrogens is 2. The molecule has 3 aromatic rings. The van der Waals surface area contributed by atoms with E-state index in [1.807, 2.05) is 43.5 Å². The monoisotopic (exact) mass is 244 g/mol. The Kier molecular flexibility index (Phi) is 2.46. The molecule has 0 aliphatic heterocycles. The quantitative estimate of drug-likeness (QED) is 0.752. The Morgan fingerprint density at radius 1 is 1.29 bits per heavy atom. The van der Waals surface area contributed by atoms with E-state index in [0.717, 1.165) is 16.0 Å². The lowest BCUT2D eigenvalue weighted by atomic mass is 10.1. The van der Waals surface area contributed by atoms with Crippen LogP contribution in [0, 0.1) is 6.92 Å². The third kappa shape index (κ3) is 1.75. The first kappa shape index (κ1) is 10.5. The molecule has 3 rings (SSSR count). The Morgan fingerprint density at radius 3 is 2.94 bits per heavy atom. The Hall–Kier alpha value is -1.65. The molecule has 0 bridgehead atoms. The van der Waals surface area contributed by atoms with E-state index in [-0.39, 0.29) is 0 Å². The van der Waals surface area contributed by atoms with Crippen molar-refractivity contribution < 1.29 is 5.11 Å². The van der Waals surface area contributed by atoms with Crippen molar-refractivity contribution in [1.82, 2.24) is 9.61 Å². The molecule has 0 amide bonds. The summed E-state index contributed by atoms with van der Waals surface area (Å²) in [6.07, 6.45) is 3.02. The van der Waals surface area contributed by atoms with Gasteiger partial charge in [0.15, 0.2) is 0 Å². The highest BCUT2D eigenvalue weighted by atomic mass is 32.1. The second kappa shape index (κ2) is 3.98. The van der Waals surface area contributed by atoms with Gasteiger partial charge in [0.05, 0.1) is 11.7 Å². The maximum absolute atomic E-state index is 10.3. The second-order valence-corrected chi connectivity index (χ2v) is 5.30. The molecule has 0 aliphatic rings. The fourth-order valence-corrected chi connectivity index (χ4v) is 2.80. The topological polar surface area (TPSA) is 37.5 Å². The second-order valence-electron chi connectivity index (χ2n) is 3.98. The van der Waals surface area contributed by atoms with E-state index in [2.05, 4.69) is 5.10 Å². The molecule has 86 valence electrons. The highest BCUT2D eigenvalue weighted by Gasteiger charge is 2.16. The smallest absolute Gasteiger partial charge is 0.117 e. The average Bonchev–Trinajstić information content (AvgIpc) is 2.94. The van der Waals surface area contributed by atoms with E-state index in [1.54, 1.807) is 22.0 Å². The first-order valence-corrected chi connectivity index (χ1v) is 6.24. The lowest BCUT2D eigenvalue weighted by Gasteiger charge is -2.06. The minimum absolute atomic E-state index is 0.589. The molecule has 0 aromatic carbocycles. The highest BCUT2D eigenvalue weighted by molar-refractivity contribution is 7.12. The fraction of sp³-hybridized carbons (Fsp3) is 0.154. The summed E-state index contributed by atoms with van der Waals surface area (Å²) >= 11 is 1.62. The maximum atomic E-state index is 10.3. The molecule has 0 radical (unpaired) electrons. The van der Waals surface area contributed by atoms with E-state index in [9.17, 15) is 5.11 Å². The molecule has 0 fully saturated rings. The standard InChI is InChI=1S/C13H12N2OS/c1-9-5-6-12(17-9)13(16)10-8-14-15-7-3-2-4-11(10)15/h2-8,13,16H,1H3. The molecule has 1 N–H and O–H groups in total. The number of aryl methyl sites for hydroxylation is 1. The van der Waals surface area contributed by atoms with Gasteiger partial charge in [0, 0.05) is 21.5 Å². The average molecular weight is 244 g/mol. The van der Waals surface area contributed by atoms with Crippen molar-refractivity contribution in [3.05, 3.63) is 58.0 Å².